The molecule has 1 saturated heterocycles. The number of hydrogen-bond donors (Lipinski definition) is 3. The Morgan fingerprint density at radius 1 is 1.20 bits per heavy atom. The molecule has 6 rings (SSSR count). The third kappa shape index (κ3) is 3.74. The summed E-state index contributed by atoms with van der Waals surface area (Å²) in [7, 11) is 0. The summed E-state index contributed by atoms with van der Waals surface area (Å²) in [5, 5.41) is 14.1. The van der Waals surface area contributed by atoms with E-state index in [0.29, 0.717) is 46.1 Å². The molecule has 0 bridgehead atoms. The Labute approximate surface area is 206 Å². The maximum Gasteiger partial charge on any atom is 0.196 e. The van der Waals surface area contributed by atoms with E-state index in [4.69, 9.17) is 21.1 Å². The van der Waals surface area contributed by atoms with Crippen LogP contribution in [0.25, 0.3) is 11.0 Å². The number of benzene rings is 2. The minimum atomic E-state index is -0.461. The second-order valence-electron chi connectivity index (χ2n) is 8.96. The highest BCUT2D eigenvalue weighted by molar-refractivity contribution is 6.35. The zero-order valence-electron chi connectivity index (χ0n) is 18.7. The minimum absolute atomic E-state index is 0.00536. The summed E-state index contributed by atoms with van der Waals surface area (Å²) < 4.78 is 11.8. The molecule has 3 heterocycles. The van der Waals surface area contributed by atoms with Crippen molar-refractivity contribution in [3.05, 3.63) is 77.2 Å². The number of anilines is 1. The van der Waals surface area contributed by atoms with Crippen molar-refractivity contribution in [2.75, 3.05) is 18.5 Å². The molecule has 2 aliphatic rings. The highest BCUT2D eigenvalue weighted by Crippen LogP contribution is 2.49. The molecule has 1 aliphatic heterocycles. The molecule has 4 aromatic rings. The van der Waals surface area contributed by atoms with Crippen molar-refractivity contribution in [2.24, 2.45) is 5.92 Å². The SMILES string of the molecule is O=C(c1ccc(Oc2ccccc2)cc1Cl)c1c[nH]c2ncnc(NC3COC4(CO)CCC34)c12. The number of halogens is 1. The summed E-state index contributed by atoms with van der Waals surface area (Å²) in [5.74, 6) is 1.72. The number of nitrogens with zero attached hydrogens (tertiary/aromatic N) is 2. The van der Waals surface area contributed by atoms with Crippen LogP contribution in [0.15, 0.2) is 61.1 Å². The van der Waals surface area contributed by atoms with Crippen LogP contribution in [-0.2, 0) is 4.74 Å². The van der Waals surface area contributed by atoms with E-state index in [2.05, 4.69) is 20.3 Å². The van der Waals surface area contributed by atoms with Gasteiger partial charge in [0.05, 0.1) is 40.8 Å². The van der Waals surface area contributed by atoms with E-state index in [0.717, 1.165) is 12.8 Å². The van der Waals surface area contributed by atoms with Gasteiger partial charge in [0.1, 0.15) is 29.3 Å². The number of aromatic amines is 1. The topological polar surface area (TPSA) is 109 Å². The Balaban J connectivity index is 1.29. The number of aliphatic hydroxyl groups excluding tert-OH is 1. The third-order valence-electron chi connectivity index (χ3n) is 7.06. The number of ketones is 1. The molecule has 3 atom stereocenters. The van der Waals surface area contributed by atoms with Crippen LogP contribution in [0.3, 0.4) is 0 Å². The van der Waals surface area contributed by atoms with Gasteiger partial charge in [0.2, 0.25) is 0 Å². The van der Waals surface area contributed by atoms with E-state index in [1.807, 2.05) is 30.3 Å². The number of carbonyl (C=O) groups is 1. The number of aromatic nitrogens is 3. The van der Waals surface area contributed by atoms with Crippen molar-refractivity contribution in [1.29, 1.82) is 0 Å². The largest absolute Gasteiger partial charge is 0.457 e. The molecule has 0 spiro atoms. The van der Waals surface area contributed by atoms with E-state index < -0.39 is 5.60 Å². The zero-order chi connectivity index (χ0) is 24.0. The lowest BCUT2D eigenvalue weighted by molar-refractivity contribution is -0.113. The van der Waals surface area contributed by atoms with Crippen LogP contribution in [0.4, 0.5) is 5.82 Å². The predicted molar refractivity (Wildman–Crippen MR) is 131 cm³/mol. The summed E-state index contributed by atoms with van der Waals surface area (Å²) in [4.78, 5) is 25.3. The highest BCUT2D eigenvalue weighted by atomic mass is 35.5. The number of nitrogens with one attached hydrogen (secondary N) is 2. The van der Waals surface area contributed by atoms with Crippen LogP contribution in [0.5, 0.6) is 11.5 Å². The number of para-hydroxylation sites is 1. The average Bonchev–Trinajstić information content (AvgIpc) is 3.39. The first kappa shape index (κ1) is 22.0. The van der Waals surface area contributed by atoms with E-state index in [9.17, 15) is 9.90 Å². The smallest absolute Gasteiger partial charge is 0.196 e. The van der Waals surface area contributed by atoms with Crippen LogP contribution >= 0.6 is 11.6 Å². The maximum absolute atomic E-state index is 13.5. The fourth-order valence-corrected chi connectivity index (χ4v) is 5.33. The number of ether oxygens (including phenoxy) is 2. The molecule has 3 N–H and O–H groups in total. The molecule has 8 nitrogen and oxygen atoms in total. The van der Waals surface area contributed by atoms with Crippen LogP contribution in [0.1, 0.15) is 28.8 Å². The van der Waals surface area contributed by atoms with Gasteiger partial charge < -0.3 is 24.9 Å². The van der Waals surface area contributed by atoms with Crippen LogP contribution < -0.4 is 10.1 Å². The highest BCUT2D eigenvalue weighted by Gasteiger charge is 2.56. The van der Waals surface area contributed by atoms with Crippen molar-refractivity contribution in [3.8, 4) is 11.5 Å². The zero-order valence-corrected chi connectivity index (χ0v) is 19.5. The van der Waals surface area contributed by atoms with Gasteiger partial charge in [0, 0.05) is 23.7 Å². The molecule has 1 aliphatic carbocycles. The Kier molecular flexibility index (Phi) is 5.44. The second-order valence-corrected chi connectivity index (χ2v) is 9.37. The number of rotatable bonds is 7. The van der Waals surface area contributed by atoms with E-state index in [1.165, 1.54) is 6.33 Å². The van der Waals surface area contributed by atoms with Gasteiger partial charge in [-0.3, -0.25) is 4.79 Å². The van der Waals surface area contributed by atoms with Crippen LogP contribution in [0.2, 0.25) is 5.02 Å². The fourth-order valence-electron chi connectivity index (χ4n) is 5.08. The first-order valence-electron chi connectivity index (χ1n) is 11.5. The van der Waals surface area contributed by atoms with Gasteiger partial charge in [-0.05, 0) is 37.1 Å². The van der Waals surface area contributed by atoms with Gasteiger partial charge in [-0.15, -0.1) is 0 Å². The maximum atomic E-state index is 13.5. The average molecular weight is 491 g/mol. The lowest BCUT2D eigenvalue weighted by Crippen LogP contribution is -2.51. The first-order chi connectivity index (χ1) is 17.1. The molecule has 0 radical (unpaired) electrons. The summed E-state index contributed by atoms with van der Waals surface area (Å²) in [6, 6.07) is 14.4. The molecule has 9 heteroatoms. The van der Waals surface area contributed by atoms with Gasteiger partial charge in [0.25, 0.3) is 0 Å². The monoisotopic (exact) mass is 490 g/mol. The summed E-state index contributed by atoms with van der Waals surface area (Å²) in [5.41, 5.74) is 0.859. The lowest BCUT2D eigenvalue weighted by Gasteiger charge is -2.43. The normalized spacial score (nSPS) is 23.0. The molecule has 1 saturated carbocycles. The Hall–Kier alpha value is -3.46. The number of hydrogen-bond acceptors (Lipinski definition) is 7. The Bertz CT molecular complexity index is 1410. The fraction of sp³-hybridized carbons (Fsp3) is 0.269. The summed E-state index contributed by atoms with van der Waals surface area (Å²) in [6.45, 7) is 0.477. The van der Waals surface area contributed by atoms with Crippen molar-refractivity contribution >= 4 is 34.2 Å². The standard InChI is InChI=1S/C26H23ClN4O4/c27-20-10-16(35-15-4-2-1-3-5-15)6-7-17(20)23(33)18-11-28-24-22(18)25(30-14-29-24)31-21-12-34-26(13-32)9-8-19(21)26/h1-7,10-11,14,19,21,32H,8-9,12-13H2,(H2,28,29,30,31). The lowest BCUT2D eigenvalue weighted by atomic mass is 9.68. The Morgan fingerprint density at radius 3 is 2.77 bits per heavy atom. The predicted octanol–water partition coefficient (Wildman–Crippen LogP) is 4.59. The van der Waals surface area contributed by atoms with Gasteiger partial charge in [-0.1, -0.05) is 29.8 Å². The van der Waals surface area contributed by atoms with Gasteiger partial charge >= 0.3 is 0 Å². The molecule has 35 heavy (non-hydrogen) atoms. The van der Waals surface area contributed by atoms with Crippen LogP contribution in [-0.4, -0.2) is 50.7 Å². The van der Waals surface area contributed by atoms with E-state index in [1.54, 1.807) is 24.4 Å². The van der Waals surface area contributed by atoms with Crippen molar-refractivity contribution in [3.63, 3.8) is 0 Å². The quantitative estimate of drug-likeness (QED) is 0.325. The molecule has 178 valence electrons. The molecule has 0 amide bonds. The van der Waals surface area contributed by atoms with Gasteiger partial charge in [0.15, 0.2) is 5.78 Å². The number of fused-ring (bicyclic) bond motifs is 2. The summed E-state index contributed by atoms with van der Waals surface area (Å²) >= 11 is 6.51. The molecule has 3 unspecified atom stereocenters. The molecule has 2 aromatic heterocycles. The summed E-state index contributed by atoms with van der Waals surface area (Å²) in [6.07, 6.45) is 4.90. The second kappa shape index (κ2) is 8.64. The number of H-pyrrole nitrogens is 1. The van der Waals surface area contributed by atoms with Crippen LogP contribution in [0, 0.1) is 5.92 Å². The number of aliphatic hydroxyl groups is 1. The van der Waals surface area contributed by atoms with E-state index in [-0.39, 0.29) is 29.4 Å². The third-order valence-corrected chi connectivity index (χ3v) is 7.37. The van der Waals surface area contributed by atoms with Gasteiger partial charge in [-0.2, -0.15) is 0 Å². The van der Waals surface area contributed by atoms with E-state index >= 15 is 0 Å². The number of carbonyl (C=O) groups excluding carboxylic acids is 1. The van der Waals surface area contributed by atoms with Crippen molar-refractivity contribution in [1.82, 2.24) is 15.0 Å². The molecule has 2 aromatic carbocycles. The van der Waals surface area contributed by atoms with Crippen molar-refractivity contribution in [2.45, 2.75) is 24.5 Å². The molecular weight excluding hydrogens is 468 g/mol. The molecular formula is C26H23ClN4O4. The first-order valence-corrected chi connectivity index (χ1v) is 11.9. The van der Waals surface area contributed by atoms with Gasteiger partial charge in [-0.25, -0.2) is 9.97 Å². The Morgan fingerprint density at radius 2 is 2.06 bits per heavy atom. The molecule has 2 fully saturated rings. The van der Waals surface area contributed by atoms with Crippen molar-refractivity contribution < 1.29 is 19.4 Å². The minimum Gasteiger partial charge on any atom is -0.457 e.